The number of carboxylic acids is 1. The van der Waals surface area contributed by atoms with Gasteiger partial charge < -0.3 is 5.11 Å². The van der Waals surface area contributed by atoms with Gasteiger partial charge in [0.1, 0.15) is 0 Å². The minimum Gasteiger partial charge on any atom is -0.481 e. The van der Waals surface area contributed by atoms with Crippen molar-refractivity contribution >= 4 is 29.2 Å². The molecule has 2 nitrogen and oxygen atoms in total. The zero-order valence-electron chi connectivity index (χ0n) is 10.8. The molecule has 19 heavy (non-hydrogen) atoms. The first-order chi connectivity index (χ1) is 9.01. The van der Waals surface area contributed by atoms with Gasteiger partial charge in [-0.25, -0.2) is 0 Å². The van der Waals surface area contributed by atoms with E-state index in [9.17, 15) is 4.79 Å². The van der Waals surface area contributed by atoms with E-state index >= 15 is 0 Å². The molecule has 0 atom stereocenters. The number of hydrogen-bond acceptors (Lipinski definition) is 1. The molecule has 0 aromatic heterocycles. The number of aliphatic carboxylic acids is 1. The number of rotatable bonds is 5. The molecule has 0 amide bonds. The summed E-state index contributed by atoms with van der Waals surface area (Å²) >= 11 is 11.9. The summed E-state index contributed by atoms with van der Waals surface area (Å²) < 4.78 is 0. The van der Waals surface area contributed by atoms with Crippen LogP contribution >= 0.6 is 23.2 Å². The Morgan fingerprint density at radius 2 is 1.89 bits per heavy atom. The normalized spacial score (nSPS) is 17.6. The first kappa shape index (κ1) is 14.7. The topological polar surface area (TPSA) is 37.3 Å². The molecule has 4 heteroatoms. The van der Waals surface area contributed by atoms with Crippen molar-refractivity contribution in [2.75, 3.05) is 0 Å². The summed E-state index contributed by atoms with van der Waals surface area (Å²) in [7, 11) is 0. The van der Waals surface area contributed by atoms with E-state index in [4.69, 9.17) is 28.3 Å². The minimum absolute atomic E-state index is 0.0159. The van der Waals surface area contributed by atoms with Gasteiger partial charge in [-0.1, -0.05) is 42.1 Å². The molecular formula is C15H18Cl2O2. The maximum atomic E-state index is 11.0. The van der Waals surface area contributed by atoms with Crippen LogP contribution in [0.15, 0.2) is 18.2 Å². The van der Waals surface area contributed by atoms with Gasteiger partial charge in [-0.05, 0) is 48.8 Å². The quantitative estimate of drug-likeness (QED) is 0.834. The highest BCUT2D eigenvalue weighted by molar-refractivity contribution is 6.42. The van der Waals surface area contributed by atoms with Crippen molar-refractivity contribution in [2.24, 2.45) is 5.41 Å². The summed E-state index contributed by atoms with van der Waals surface area (Å²) in [6.45, 7) is 0. The molecule has 0 radical (unpaired) electrons. The summed E-state index contributed by atoms with van der Waals surface area (Å²) in [4.78, 5) is 11.0. The van der Waals surface area contributed by atoms with E-state index in [1.165, 1.54) is 0 Å². The zero-order chi connectivity index (χ0) is 13.9. The fourth-order valence-corrected chi connectivity index (χ4v) is 3.39. The second kappa shape index (κ2) is 6.15. The molecule has 0 heterocycles. The molecule has 0 unspecified atom stereocenters. The van der Waals surface area contributed by atoms with Crippen molar-refractivity contribution in [3.05, 3.63) is 33.8 Å². The fourth-order valence-electron chi connectivity index (χ4n) is 3.07. The van der Waals surface area contributed by atoms with Crippen molar-refractivity contribution in [2.45, 2.75) is 44.9 Å². The Labute approximate surface area is 123 Å². The Hall–Kier alpha value is -0.730. The van der Waals surface area contributed by atoms with Gasteiger partial charge in [-0.2, -0.15) is 0 Å². The van der Waals surface area contributed by atoms with E-state index in [0.717, 1.165) is 44.1 Å². The third-order valence-corrected chi connectivity index (χ3v) is 4.86. The largest absolute Gasteiger partial charge is 0.481 e. The SMILES string of the molecule is O=C(O)CC1(CCc2ccc(Cl)c(Cl)c2)CCCC1. The molecule has 1 saturated carbocycles. The minimum atomic E-state index is -0.684. The average molecular weight is 301 g/mol. The Morgan fingerprint density at radius 3 is 2.47 bits per heavy atom. The highest BCUT2D eigenvalue weighted by Crippen LogP contribution is 2.44. The van der Waals surface area contributed by atoms with Crippen molar-refractivity contribution in [1.29, 1.82) is 0 Å². The van der Waals surface area contributed by atoms with Crippen molar-refractivity contribution < 1.29 is 9.90 Å². The molecule has 1 fully saturated rings. The average Bonchev–Trinajstić information content (AvgIpc) is 2.79. The Morgan fingerprint density at radius 1 is 1.21 bits per heavy atom. The Balaban J connectivity index is 2.02. The monoisotopic (exact) mass is 300 g/mol. The van der Waals surface area contributed by atoms with E-state index < -0.39 is 5.97 Å². The first-order valence-corrected chi connectivity index (χ1v) is 7.42. The standard InChI is InChI=1S/C15H18Cl2O2/c16-12-4-3-11(9-13(12)17)5-8-15(10-14(18)19)6-1-2-7-15/h3-4,9H,1-2,5-8,10H2,(H,18,19). The molecule has 1 N–H and O–H groups in total. The summed E-state index contributed by atoms with van der Waals surface area (Å²) in [5, 5.41) is 10.2. The predicted molar refractivity (Wildman–Crippen MR) is 77.9 cm³/mol. The second-order valence-corrected chi connectivity index (χ2v) is 6.34. The number of carbonyl (C=O) groups is 1. The maximum absolute atomic E-state index is 11.0. The number of benzene rings is 1. The molecule has 1 aromatic rings. The summed E-state index contributed by atoms with van der Waals surface area (Å²) in [5.41, 5.74) is 1.11. The van der Waals surface area contributed by atoms with Crippen LogP contribution in [-0.4, -0.2) is 11.1 Å². The summed E-state index contributed by atoms with van der Waals surface area (Å²) in [5.74, 6) is -0.684. The lowest BCUT2D eigenvalue weighted by atomic mass is 9.77. The molecule has 0 aliphatic heterocycles. The van der Waals surface area contributed by atoms with Gasteiger partial charge in [0.05, 0.1) is 16.5 Å². The van der Waals surface area contributed by atoms with E-state index in [0.29, 0.717) is 10.0 Å². The van der Waals surface area contributed by atoms with E-state index in [2.05, 4.69) is 0 Å². The smallest absolute Gasteiger partial charge is 0.303 e. The number of carboxylic acid groups (broad SMARTS) is 1. The fraction of sp³-hybridized carbons (Fsp3) is 0.533. The highest BCUT2D eigenvalue weighted by Gasteiger charge is 2.35. The third-order valence-electron chi connectivity index (χ3n) is 4.12. The number of aryl methyl sites for hydroxylation is 1. The lowest BCUT2D eigenvalue weighted by Crippen LogP contribution is -2.21. The maximum Gasteiger partial charge on any atom is 0.303 e. The van der Waals surface area contributed by atoms with Gasteiger partial charge in [-0.15, -0.1) is 0 Å². The van der Waals surface area contributed by atoms with E-state index in [1.54, 1.807) is 6.07 Å². The van der Waals surface area contributed by atoms with Crippen LogP contribution in [0, 0.1) is 5.41 Å². The van der Waals surface area contributed by atoms with Crippen LogP contribution in [0.3, 0.4) is 0 Å². The molecule has 1 aliphatic carbocycles. The molecule has 2 rings (SSSR count). The Bertz CT molecular complexity index is 465. The zero-order valence-corrected chi connectivity index (χ0v) is 12.3. The predicted octanol–water partition coefficient (Wildman–Crippen LogP) is 4.96. The Kier molecular flexibility index (Phi) is 4.75. The third kappa shape index (κ3) is 3.87. The van der Waals surface area contributed by atoms with Crippen LogP contribution in [0.2, 0.25) is 10.0 Å². The van der Waals surface area contributed by atoms with Gasteiger partial charge in [0.15, 0.2) is 0 Å². The van der Waals surface area contributed by atoms with E-state index in [-0.39, 0.29) is 11.8 Å². The highest BCUT2D eigenvalue weighted by atomic mass is 35.5. The molecule has 0 spiro atoms. The first-order valence-electron chi connectivity index (χ1n) is 6.67. The van der Waals surface area contributed by atoms with Crippen LogP contribution < -0.4 is 0 Å². The molecule has 104 valence electrons. The molecular weight excluding hydrogens is 283 g/mol. The lowest BCUT2D eigenvalue weighted by Gasteiger charge is -2.27. The number of halogens is 2. The summed E-state index contributed by atoms with van der Waals surface area (Å²) in [6.07, 6.45) is 6.42. The van der Waals surface area contributed by atoms with Crippen molar-refractivity contribution in [3.63, 3.8) is 0 Å². The van der Waals surface area contributed by atoms with Crippen LogP contribution in [-0.2, 0) is 11.2 Å². The van der Waals surface area contributed by atoms with Crippen molar-refractivity contribution in [3.8, 4) is 0 Å². The summed E-state index contributed by atoms with van der Waals surface area (Å²) in [6, 6.07) is 5.66. The van der Waals surface area contributed by atoms with Crippen LogP contribution in [0.5, 0.6) is 0 Å². The molecule has 1 aliphatic rings. The van der Waals surface area contributed by atoms with Gasteiger partial charge in [0.25, 0.3) is 0 Å². The number of hydrogen-bond donors (Lipinski definition) is 1. The van der Waals surface area contributed by atoms with Gasteiger partial charge in [0.2, 0.25) is 0 Å². The molecule has 0 saturated heterocycles. The van der Waals surface area contributed by atoms with Gasteiger partial charge in [-0.3, -0.25) is 4.79 Å². The van der Waals surface area contributed by atoms with Crippen LogP contribution in [0.25, 0.3) is 0 Å². The molecule has 0 bridgehead atoms. The van der Waals surface area contributed by atoms with Crippen molar-refractivity contribution in [1.82, 2.24) is 0 Å². The van der Waals surface area contributed by atoms with Gasteiger partial charge in [0, 0.05) is 0 Å². The lowest BCUT2D eigenvalue weighted by molar-refractivity contribution is -0.139. The second-order valence-electron chi connectivity index (χ2n) is 5.53. The van der Waals surface area contributed by atoms with Crippen LogP contribution in [0.1, 0.15) is 44.1 Å². The van der Waals surface area contributed by atoms with E-state index in [1.807, 2.05) is 12.1 Å². The molecule has 1 aromatic carbocycles. The van der Waals surface area contributed by atoms with Gasteiger partial charge >= 0.3 is 5.97 Å². The van der Waals surface area contributed by atoms with Crippen LogP contribution in [0.4, 0.5) is 0 Å².